The molecule has 0 radical (unpaired) electrons. The second-order valence-electron chi connectivity index (χ2n) is 4.95. The normalized spacial score (nSPS) is 15.3. The van der Waals surface area contributed by atoms with Gasteiger partial charge in [-0.05, 0) is 30.2 Å². The summed E-state index contributed by atoms with van der Waals surface area (Å²) >= 11 is 0. The van der Waals surface area contributed by atoms with Gasteiger partial charge in [-0.3, -0.25) is 0 Å². The van der Waals surface area contributed by atoms with Gasteiger partial charge >= 0.3 is 0 Å². The van der Waals surface area contributed by atoms with E-state index in [9.17, 15) is 5.26 Å². The molecule has 2 aromatic rings. The van der Waals surface area contributed by atoms with Crippen molar-refractivity contribution in [2.75, 3.05) is 31.2 Å². The predicted octanol–water partition coefficient (Wildman–Crippen LogP) is 2.51. The highest BCUT2D eigenvalue weighted by Gasteiger charge is 2.17. The summed E-state index contributed by atoms with van der Waals surface area (Å²) in [5.41, 5.74) is 2.86. The van der Waals surface area contributed by atoms with Crippen molar-refractivity contribution in [2.45, 2.75) is 13.3 Å². The van der Waals surface area contributed by atoms with Crippen LogP contribution in [-0.4, -0.2) is 31.3 Å². The molecule has 1 aromatic heterocycles. The van der Waals surface area contributed by atoms with Crippen LogP contribution in [0, 0.1) is 11.3 Å². The molecule has 3 rings (SSSR count). The van der Waals surface area contributed by atoms with Gasteiger partial charge in [0.25, 0.3) is 0 Å². The number of benzene rings is 1. The van der Waals surface area contributed by atoms with Gasteiger partial charge in [-0.1, -0.05) is 13.0 Å². The summed E-state index contributed by atoms with van der Waals surface area (Å²) in [4.78, 5) is 6.83. The van der Waals surface area contributed by atoms with E-state index in [1.54, 1.807) is 0 Å². The molecule has 0 spiro atoms. The van der Waals surface area contributed by atoms with Gasteiger partial charge in [-0.15, -0.1) is 0 Å². The standard InChI is InChI=1S/C16H17N3O/c1-2-12-3-4-15-13(9-12)10-14(11-17)16(18-15)19-5-7-20-8-6-19/h3-4,9-10H,2,5-8H2,1H3. The van der Waals surface area contributed by atoms with E-state index in [-0.39, 0.29) is 0 Å². The number of hydrogen-bond donors (Lipinski definition) is 0. The maximum Gasteiger partial charge on any atom is 0.147 e. The molecule has 0 atom stereocenters. The zero-order chi connectivity index (χ0) is 13.9. The number of fused-ring (bicyclic) bond motifs is 1. The van der Waals surface area contributed by atoms with Crippen molar-refractivity contribution < 1.29 is 4.74 Å². The predicted molar refractivity (Wildman–Crippen MR) is 78.9 cm³/mol. The Morgan fingerprint density at radius 1 is 1.30 bits per heavy atom. The Morgan fingerprint density at radius 2 is 2.10 bits per heavy atom. The number of rotatable bonds is 2. The number of aromatic nitrogens is 1. The summed E-state index contributed by atoms with van der Waals surface area (Å²) in [5.74, 6) is 0.785. The third-order valence-corrected chi connectivity index (χ3v) is 3.70. The van der Waals surface area contributed by atoms with Crippen LogP contribution in [-0.2, 0) is 11.2 Å². The minimum Gasteiger partial charge on any atom is -0.378 e. The fourth-order valence-electron chi connectivity index (χ4n) is 2.53. The molecule has 1 aliphatic rings. The molecule has 0 N–H and O–H groups in total. The van der Waals surface area contributed by atoms with Crippen molar-refractivity contribution in [1.82, 2.24) is 4.98 Å². The Balaban J connectivity index is 2.09. The highest BCUT2D eigenvalue weighted by atomic mass is 16.5. The van der Waals surface area contributed by atoms with E-state index in [0.29, 0.717) is 18.8 Å². The zero-order valence-corrected chi connectivity index (χ0v) is 11.6. The first-order valence-electron chi connectivity index (χ1n) is 6.98. The van der Waals surface area contributed by atoms with E-state index < -0.39 is 0 Å². The minimum atomic E-state index is 0.646. The second kappa shape index (κ2) is 5.48. The topological polar surface area (TPSA) is 49.2 Å². The van der Waals surface area contributed by atoms with Crippen molar-refractivity contribution in [3.05, 3.63) is 35.4 Å². The fraction of sp³-hybridized carbons (Fsp3) is 0.375. The molecule has 102 valence electrons. The van der Waals surface area contributed by atoms with E-state index in [1.807, 2.05) is 12.1 Å². The van der Waals surface area contributed by atoms with Crippen LogP contribution in [0.5, 0.6) is 0 Å². The molecular formula is C16H17N3O. The van der Waals surface area contributed by atoms with Crippen LogP contribution in [0.2, 0.25) is 0 Å². The Kier molecular flexibility index (Phi) is 3.53. The average molecular weight is 267 g/mol. The third kappa shape index (κ3) is 2.33. The van der Waals surface area contributed by atoms with Crippen LogP contribution < -0.4 is 4.90 Å². The van der Waals surface area contributed by atoms with Gasteiger partial charge in [-0.2, -0.15) is 5.26 Å². The molecular weight excluding hydrogens is 250 g/mol. The van der Waals surface area contributed by atoms with Gasteiger partial charge < -0.3 is 9.64 Å². The van der Waals surface area contributed by atoms with Crippen molar-refractivity contribution >= 4 is 16.7 Å². The molecule has 4 nitrogen and oxygen atoms in total. The smallest absolute Gasteiger partial charge is 0.147 e. The molecule has 2 heterocycles. The number of anilines is 1. The molecule has 4 heteroatoms. The fourth-order valence-corrected chi connectivity index (χ4v) is 2.53. The van der Waals surface area contributed by atoms with Gasteiger partial charge in [0.1, 0.15) is 11.9 Å². The zero-order valence-electron chi connectivity index (χ0n) is 11.6. The van der Waals surface area contributed by atoms with Gasteiger partial charge in [0, 0.05) is 18.5 Å². The lowest BCUT2D eigenvalue weighted by atomic mass is 10.1. The van der Waals surface area contributed by atoms with Gasteiger partial charge in [0.15, 0.2) is 0 Å². The number of nitriles is 1. The molecule has 0 aliphatic carbocycles. The van der Waals surface area contributed by atoms with Crippen LogP contribution in [0.3, 0.4) is 0 Å². The van der Waals surface area contributed by atoms with Gasteiger partial charge in [0.05, 0.1) is 24.3 Å². The third-order valence-electron chi connectivity index (χ3n) is 3.70. The summed E-state index contributed by atoms with van der Waals surface area (Å²) < 4.78 is 5.36. The summed E-state index contributed by atoms with van der Waals surface area (Å²) in [6.45, 7) is 5.10. The first-order valence-corrected chi connectivity index (χ1v) is 6.98. The number of pyridine rings is 1. The van der Waals surface area contributed by atoms with Crippen molar-refractivity contribution in [1.29, 1.82) is 5.26 Å². The Bertz CT molecular complexity index is 669. The van der Waals surface area contributed by atoms with Crippen LogP contribution in [0.15, 0.2) is 24.3 Å². The van der Waals surface area contributed by atoms with Crippen LogP contribution in [0.1, 0.15) is 18.1 Å². The summed E-state index contributed by atoms with van der Waals surface area (Å²) in [7, 11) is 0. The molecule has 1 fully saturated rings. The minimum absolute atomic E-state index is 0.646. The summed E-state index contributed by atoms with van der Waals surface area (Å²) in [5, 5.41) is 10.4. The summed E-state index contributed by atoms with van der Waals surface area (Å²) in [6.07, 6.45) is 0.989. The van der Waals surface area contributed by atoms with E-state index in [4.69, 9.17) is 9.72 Å². The molecule has 0 unspecified atom stereocenters. The molecule has 20 heavy (non-hydrogen) atoms. The quantitative estimate of drug-likeness (QED) is 0.839. The Morgan fingerprint density at radius 3 is 2.80 bits per heavy atom. The van der Waals surface area contributed by atoms with Gasteiger partial charge in [0.2, 0.25) is 0 Å². The van der Waals surface area contributed by atoms with E-state index in [0.717, 1.165) is 36.2 Å². The molecule has 1 aromatic carbocycles. The number of nitrogens with zero attached hydrogens (tertiary/aromatic N) is 3. The van der Waals surface area contributed by atoms with E-state index >= 15 is 0 Å². The highest BCUT2D eigenvalue weighted by Crippen LogP contribution is 2.24. The number of aryl methyl sites for hydroxylation is 1. The monoisotopic (exact) mass is 267 g/mol. The average Bonchev–Trinajstić information content (AvgIpc) is 2.53. The van der Waals surface area contributed by atoms with Crippen molar-refractivity contribution in [2.24, 2.45) is 0 Å². The van der Waals surface area contributed by atoms with Crippen LogP contribution in [0.4, 0.5) is 5.82 Å². The first kappa shape index (κ1) is 12.9. The molecule has 1 saturated heterocycles. The number of morpholine rings is 1. The molecule has 0 saturated carbocycles. The van der Waals surface area contributed by atoms with Crippen molar-refractivity contribution in [3.8, 4) is 6.07 Å². The molecule has 1 aliphatic heterocycles. The SMILES string of the molecule is CCc1ccc2nc(N3CCOCC3)c(C#N)cc2c1. The lowest BCUT2D eigenvalue weighted by Gasteiger charge is -2.28. The largest absolute Gasteiger partial charge is 0.378 e. The number of hydrogen-bond acceptors (Lipinski definition) is 4. The molecule has 0 amide bonds. The highest BCUT2D eigenvalue weighted by molar-refractivity contribution is 5.83. The Hall–Kier alpha value is -2.12. The lowest BCUT2D eigenvalue weighted by Crippen LogP contribution is -2.37. The van der Waals surface area contributed by atoms with E-state index in [2.05, 4.69) is 30.0 Å². The van der Waals surface area contributed by atoms with Crippen LogP contribution >= 0.6 is 0 Å². The van der Waals surface area contributed by atoms with E-state index in [1.165, 1.54) is 5.56 Å². The summed E-state index contributed by atoms with van der Waals surface area (Å²) in [6, 6.07) is 10.5. The van der Waals surface area contributed by atoms with Crippen molar-refractivity contribution in [3.63, 3.8) is 0 Å². The van der Waals surface area contributed by atoms with Crippen LogP contribution in [0.25, 0.3) is 10.9 Å². The lowest BCUT2D eigenvalue weighted by molar-refractivity contribution is 0.122. The maximum atomic E-state index is 9.39. The number of ether oxygens (including phenoxy) is 1. The second-order valence-corrected chi connectivity index (χ2v) is 4.95. The van der Waals surface area contributed by atoms with Gasteiger partial charge in [-0.25, -0.2) is 4.98 Å². The maximum absolute atomic E-state index is 9.39. The molecule has 0 bridgehead atoms. The first-order chi connectivity index (χ1) is 9.81. The Labute approximate surface area is 118 Å².